The van der Waals surface area contributed by atoms with Crippen molar-refractivity contribution in [1.29, 1.82) is 0 Å². The van der Waals surface area contributed by atoms with Gasteiger partial charge in [-0.15, -0.1) is 0 Å². The van der Waals surface area contributed by atoms with E-state index >= 15 is 0 Å². The van der Waals surface area contributed by atoms with E-state index in [1.165, 1.54) is 13.2 Å². The van der Waals surface area contributed by atoms with Gasteiger partial charge in [-0.25, -0.2) is 13.2 Å². The highest BCUT2D eigenvalue weighted by Crippen LogP contribution is 2.36. The summed E-state index contributed by atoms with van der Waals surface area (Å²) in [6.45, 7) is 6.76. The third-order valence-electron chi connectivity index (χ3n) is 7.39. The molecule has 10 nitrogen and oxygen atoms in total. The molecule has 0 unspecified atom stereocenters. The largest absolute Gasteiger partial charge is 0.496 e. The number of aromatic carboxylic acids is 1. The number of hydrogen-bond acceptors (Lipinski definition) is 8. The minimum Gasteiger partial charge on any atom is -0.496 e. The number of methoxy groups -OCH3 is 1. The van der Waals surface area contributed by atoms with Crippen molar-refractivity contribution >= 4 is 21.7 Å². The van der Waals surface area contributed by atoms with E-state index in [4.69, 9.17) is 14.2 Å². The highest BCUT2D eigenvalue weighted by atomic mass is 32.2. The molecule has 2 atom stereocenters. The van der Waals surface area contributed by atoms with E-state index in [-0.39, 0.29) is 23.9 Å². The topological polar surface area (TPSA) is 143 Å². The normalized spacial score (nSPS) is 12.7. The number of ether oxygens (including phenoxy) is 3. The molecule has 0 spiro atoms. The maximum atomic E-state index is 12.1. The number of aryl methyl sites for hydroxylation is 2. The van der Waals surface area contributed by atoms with Crippen LogP contribution in [-0.2, 0) is 16.6 Å². The molecule has 0 aromatic heterocycles. The smallest absolute Gasteiger partial charge is 0.335 e. The van der Waals surface area contributed by atoms with Crippen LogP contribution >= 0.6 is 0 Å². The first kappa shape index (κ1) is 34.3. The van der Waals surface area contributed by atoms with Crippen molar-refractivity contribution in [3.63, 3.8) is 0 Å². The minimum absolute atomic E-state index is 0.150. The zero-order valence-electron chi connectivity index (χ0n) is 26.5. The fourth-order valence-electron chi connectivity index (χ4n) is 5.11. The summed E-state index contributed by atoms with van der Waals surface area (Å²) >= 11 is 0. The lowest BCUT2D eigenvalue weighted by atomic mass is 9.98. The molecule has 0 aliphatic carbocycles. The van der Waals surface area contributed by atoms with Crippen molar-refractivity contribution in [3.8, 4) is 28.4 Å². The van der Waals surface area contributed by atoms with Crippen LogP contribution in [0.4, 0.5) is 5.69 Å². The summed E-state index contributed by atoms with van der Waals surface area (Å²) in [6, 6.07) is 22.8. The molecule has 4 aromatic rings. The Kier molecular flexibility index (Phi) is 11.3. The summed E-state index contributed by atoms with van der Waals surface area (Å²) in [5.41, 5.74) is 5.33. The van der Waals surface area contributed by atoms with Crippen LogP contribution in [0.5, 0.6) is 17.2 Å². The van der Waals surface area contributed by atoms with Crippen molar-refractivity contribution in [1.82, 2.24) is 5.32 Å². The molecule has 4 rings (SSSR count). The standard InChI is InChI=1S/C35H40N2O8S/c1-22-17-28(29-13-11-27(35(39)40)20-32(29)43-4)18-23(2)34(22)44-16-15-36-24(3)33(38)26-12-14-31(30(19-26)37-46(5,41)42)45-21-25-9-7-6-8-10-25/h6-14,17-20,24,33,36-38H,15-16,21H2,1-5H3,(H,39,40)/t24-,33-/m0/s1. The van der Waals surface area contributed by atoms with Crippen LogP contribution in [0.25, 0.3) is 11.1 Å². The maximum Gasteiger partial charge on any atom is 0.335 e. The number of nitrogens with one attached hydrogen (secondary N) is 2. The number of benzene rings is 4. The number of hydrogen-bond donors (Lipinski definition) is 4. The molecule has 0 fully saturated rings. The molecule has 0 aliphatic rings. The number of anilines is 1. The highest BCUT2D eigenvalue weighted by Gasteiger charge is 2.20. The molecule has 0 heterocycles. The van der Waals surface area contributed by atoms with Gasteiger partial charge in [0.25, 0.3) is 0 Å². The van der Waals surface area contributed by atoms with Gasteiger partial charge in [0.15, 0.2) is 0 Å². The van der Waals surface area contributed by atoms with Gasteiger partial charge in [-0.05, 0) is 91.1 Å². The van der Waals surface area contributed by atoms with Gasteiger partial charge in [0.1, 0.15) is 30.5 Å². The van der Waals surface area contributed by atoms with Crippen LogP contribution < -0.4 is 24.2 Å². The predicted octanol–water partition coefficient (Wildman–Crippen LogP) is 5.72. The molecule has 0 radical (unpaired) electrons. The van der Waals surface area contributed by atoms with Crippen LogP contribution in [0.1, 0.15) is 45.6 Å². The first-order valence-corrected chi connectivity index (χ1v) is 16.6. The summed E-state index contributed by atoms with van der Waals surface area (Å²) in [7, 11) is -2.09. The number of rotatable bonds is 15. The zero-order valence-corrected chi connectivity index (χ0v) is 27.4. The van der Waals surface area contributed by atoms with E-state index in [0.717, 1.165) is 39.8 Å². The first-order chi connectivity index (χ1) is 21.9. The molecular weight excluding hydrogens is 608 g/mol. The van der Waals surface area contributed by atoms with E-state index in [0.29, 0.717) is 30.2 Å². The van der Waals surface area contributed by atoms with E-state index < -0.39 is 22.1 Å². The highest BCUT2D eigenvalue weighted by molar-refractivity contribution is 7.92. The van der Waals surface area contributed by atoms with Crippen molar-refractivity contribution in [2.45, 2.75) is 39.5 Å². The third kappa shape index (κ3) is 9.00. The van der Waals surface area contributed by atoms with Gasteiger partial charge in [-0.2, -0.15) is 0 Å². The molecular formula is C35H40N2O8S. The summed E-state index contributed by atoms with van der Waals surface area (Å²) in [6.07, 6.45) is 0.127. The fraction of sp³-hybridized carbons (Fsp3) is 0.286. The molecule has 0 saturated heterocycles. The summed E-state index contributed by atoms with van der Waals surface area (Å²) in [5.74, 6) is 0.541. The second-order valence-electron chi connectivity index (χ2n) is 11.1. The van der Waals surface area contributed by atoms with Crippen molar-refractivity contribution in [3.05, 3.63) is 107 Å². The molecule has 0 amide bonds. The third-order valence-corrected chi connectivity index (χ3v) is 7.98. The Morgan fingerprint density at radius 2 is 1.61 bits per heavy atom. The fourth-order valence-corrected chi connectivity index (χ4v) is 5.67. The number of aliphatic hydroxyl groups excluding tert-OH is 1. The molecule has 244 valence electrons. The molecule has 0 aliphatic heterocycles. The Labute approximate surface area is 270 Å². The summed E-state index contributed by atoms with van der Waals surface area (Å²) in [4.78, 5) is 11.4. The van der Waals surface area contributed by atoms with Gasteiger partial charge in [0.2, 0.25) is 10.0 Å². The van der Waals surface area contributed by atoms with E-state index in [2.05, 4.69) is 10.0 Å². The van der Waals surface area contributed by atoms with E-state index in [9.17, 15) is 23.4 Å². The van der Waals surface area contributed by atoms with Crippen molar-refractivity contribution < 1.29 is 37.6 Å². The molecule has 4 N–H and O–H groups in total. The average molecular weight is 649 g/mol. The van der Waals surface area contributed by atoms with E-state index in [1.807, 2.05) is 63.2 Å². The van der Waals surface area contributed by atoms with Crippen LogP contribution in [0.15, 0.2) is 78.9 Å². The Bertz CT molecular complexity index is 1750. The number of aliphatic hydroxyl groups is 1. The van der Waals surface area contributed by atoms with Gasteiger partial charge < -0.3 is 29.7 Å². The molecule has 4 aromatic carbocycles. The van der Waals surface area contributed by atoms with Crippen LogP contribution in [0.3, 0.4) is 0 Å². The minimum atomic E-state index is -3.59. The van der Waals surface area contributed by atoms with Gasteiger partial charge >= 0.3 is 5.97 Å². The Morgan fingerprint density at radius 1 is 0.913 bits per heavy atom. The molecule has 46 heavy (non-hydrogen) atoms. The van der Waals surface area contributed by atoms with Gasteiger partial charge in [-0.1, -0.05) is 36.4 Å². The average Bonchev–Trinajstić information content (AvgIpc) is 3.02. The van der Waals surface area contributed by atoms with Gasteiger partial charge in [-0.3, -0.25) is 4.72 Å². The number of carbonyl (C=O) groups is 1. The summed E-state index contributed by atoms with van der Waals surface area (Å²) < 4.78 is 44.1. The van der Waals surface area contributed by atoms with Gasteiger partial charge in [0.05, 0.1) is 30.7 Å². The number of sulfonamides is 1. The van der Waals surface area contributed by atoms with Crippen LogP contribution in [0, 0.1) is 13.8 Å². The zero-order chi connectivity index (χ0) is 33.4. The quantitative estimate of drug-likeness (QED) is 0.119. The lowest BCUT2D eigenvalue weighted by Gasteiger charge is -2.23. The van der Waals surface area contributed by atoms with Crippen LogP contribution in [0.2, 0.25) is 0 Å². The van der Waals surface area contributed by atoms with Crippen molar-refractivity contribution in [2.75, 3.05) is 31.2 Å². The predicted molar refractivity (Wildman–Crippen MR) is 178 cm³/mol. The lowest BCUT2D eigenvalue weighted by Crippen LogP contribution is -2.35. The van der Waals surface area contributed by atoms with Crippen molar-refractivity contribution in [2.24, 2.45) is 0 Å². The van der Waals surface area contributed by atoms with Gasteiger partial charge in [0, 0.05) is 18.2 Å². The molecule has 0 bridgehead atoms. The monoisotopic (exact) mass is 648 g/mol. The SMILES string of the molecule is COc1cc(C(=O)O)ccc1-c1cc(C)c(OCCN[C@@H](C)[C@H](O)c2ccc(OCc3ccccc3)c(NS(C)(=O)=O)c2)c(C)c1. The lowest BCUT2D eigenvalue weighted by molar-refractivity contribution is 0.0696. The molecule has 0 saturated carbocycles. The summed E-state index contributed by atoms with van der Waals surface area (Å²) in [5, 5.41) is 23.7. The molecule has 11 heteroatoms. The second-order valence-corrected chi connectivity index (χ2v) is 12.8. The Morgan fingerprint density at radius 3 is 2.24 bits per heavy atom. The number of carboxylic acids is 1. The second kappa shape index (κ2) is 15.1. The van der Waals surface area contributed by atoms with Crippen LogP contribution in [-0.4, -0.2) is 57.2 Å². The Balaban J connectivity index is 1.38. The first-order valence-electron chi connectivity index (χ1n) is 14.7. The number of carboxylic acid groups (broad SMARTS) is 1. The Hall–Kier alpha value is -4.58. The van der Waals surface area contributed by atoms with E-state index in [1.54, 1.807) is 30.3 Å². The maximum absolute atomic E-state index is 12.1.